The van der Waals surface area contributed by atoms with Crippen LogP contribution in [0.1, 0.15) is 36.1 Å². The van der Waals surface area contributed by atoms with Gasteiger partial charge in [-0.05, 0) is 58.7 Å². The first-order valence-corrected chi connectivity index (χ1v) is 11.9. The first kappa shape index (κ1) is 24.7. The first-order chi connectivity index (χ1) is 17.5. The molecular weight excluding hydrogens is 448 g/mol. The van der Waals surface area contributed by atoms with E-state index in [1.807, 2.05) is 97.1 Å². The molecule has 0 fully saturated rings. The average molecular weight is 479 g/mol. The highest BCUT2D eigenvalue weighted by Crippen LogP contribution is 2.32. The van der Waals surface area contributed by atoms with E-state index in [4.69, 9.17) is 9.47 Å². The monoisotopic (exact) mass is 478 g/mol. The van der Waals surface area contributed by atoms with Gasteiger partial charge in [0.1, 0.15) is 18.1 Å². The Balaban J connectivity index is 1.21. The van der Waals surface area contributed by atoms with Crippen LogP contribution >= 0.6 is 0 Å². The Hall–Kier alpha value is -4.38. The third-order valence-corrected chi connectivity index (χ3v) is 5.97. The fraction of sp³-hybridized carbons (Fsp3) is 0.161. The molecule has 36 heavy (non-hydrogen) atoms. The van der Waals surface area contributed by atoms with Gasteiger partial charge in [0.05, 0.1) is 6.21 Å². The van der Waals surface area contributed by atoms with Gasteiger partial charge in [0.2, 0.25) is 0 Å². The van der Waals surface area contributed by atoms with Crippen molar-refractivity contribution in [3.8, 4) is 11.5 Å². The first-order valence-electron chi connectivity index (χ1n) is 11.9. The van der Waals surface area contributed by atoms with Crippen molar-refractivity contribution in [2.24, 2.45) is 5.10 Å². The Morgan fingerprint density at radius 3 is 1.97 bits per heavy atom. The zero-order valence-electron chi connectivity index (χ0n) is 20.6. The molecule has 0 radical (unpaired) electrons. The van der Waals surface area contributed by atoms with Crippen LogP contribution in [0.15, 0.2) is 114 Å². The van der Waals surface area contributed by atoms with Crippen LogP contribution in [0.5, 0.6) is 11.5 Å². The summed E-state index contributed by atoms with van der Waals surface area (Å²) >= 11 is 0. The molecule has 0 aliphatic rings. The second-order valence-electron chi connectivity index (χ2n) is 8.94. The zero-order valence-corrected chi connectivity index (χ0v) is 20.6. The highest BCUT2D eigenvalue weighted by atomic mass is 16.5. The van der Waals surface area contributed by atoms with E-state index in [0.29, 0.717) is 12.4 Å². The number of hydrogen-bond acceptors (Lipinski definition) is 4. The third-order valence-electron chi connectivity index (χ3n) is 5.97. The molecule has 5 heteroatoms. The van der Waals surface area contributed by atoms with Crippen LogP contribution in [0.2, 0.25) is 0 Å². The zero-order chi connectivity index (χ0) is 25.2. The van der Waals surface area contributed by atoms with Crippen molar-refractivity contribution in [1.82, 2.24) is 5.43 Å². The van der Waals surface area contributed by atoms with Crippen molar-refractivity contribution in [2.75, 3.05) is 6.61 Å². The summed E-state index contributed by atoms with van der Waals surface area (Å²) in [7, 11) is 0. The fourth-order valence-corrected chi connectivity index (χ4v) is 3.74. The van der Waals surface area contributed by atoms with Crippen molar-refractivity contribution < 1.29 is 14.3 Å². The van der Waals surface area contributed by atoms with E-state index in [9.17, 15) is 4.79 Å². The second kappa shape index (κ2) is 11.8. The predicted octanol–water partition coefficient (Wildman–Crippen LogP) is 6.12. The Morgan fingerprint density at radius 1 is 0.750 bits per heavy atom. The van der Waals surface area contributed by atoms with Gasteiger partial charge in [-0.15, -0.1) is 0 Å². The van der Waals surface area contributed by atoms with Gasteiger partial charge in [0, 0.05) is 5.41 Å². The molecule has 0 aliphatic heterocycles. The number of nitrogens with one attached hydrogen (secondary N) is 1. The summed E-state index contributed by atoms with van der Waals surface area (Å²) in [4.78, 5) is 12.1. The van der Waals surface area contributed by atoms with Crippen LogP contribution in [0.25, 0.3) is 0 Å². The minimum absolute atomic E-state index is 0.120. The third kappa shape index (κ3) is 6.83. The molecule has 4 rings (SSSR count). The normalized spacial score (nSPS) is 11.3. The van der Waals surface area contributed by atoms with E-state index in [-0.39, 0.29) is 17.9 Å². The van der Waals surface area contributed by atoms with E-state index < -0.39 is 0 Å². The highest BCUT2D eigenvalue weighted by molar-refractivity contribution is 5.83. The van der Waals surface area contributed by atoms with Crippen LogP contribution in [-0.2, 0) is 16.8 Å². The van der Waals surface area contributed by atoms with Gasteiger partial charge < -0.3 is 9.47 Å². The number of carbonyl (C=O) groups excluding carboxylic acids is 1. The van der Waals surface area contributed by atoms with Crippen LogP contribution in [0.4, 0.5) is 0 Å². The fourth-order valence-electron chi connectivity index (χ4n) is 3.74. The Labute approximate surface area is 212 Å². The van der Waals surface area contributed by atoms with E-state index in [0.717, 1.165) is 16.9 Å². The summed E-state index contributed by atoms with van der Waals surface area (Å²) in [5.41, 5.74) is 6.74. The van der Waals surface area contributed by atoms with Gasteiger partial charge in [-0.25, -0.2) is 5.43 Å². The van der Waals surface area contributed by atoms with E-state index in [2.05, 4.69) is 36.5 Å². The number of carbonyl (C=O) groups is 1. The number of nitrogens with zero attached hydrogens (tertiary/aromatic N) is 1. The maximum absolute atomic E-state index is 12.1. The molecule has 0 aliphatic carbocycles. The van der Waals surface area contributed by atoms with Crippen LogP contribution in [-0.4, -0.2) is 18.7 Å². The molecule has 0 unspecified atom stereocenters. The summed E-state index contributed by atoms with van der Waals surface area (Å²) in [6, 6.07) is 35.7. The van der Waals surface area contributed by atoms with E-state index in [1.54, 1.807) is 6.21 Å². The summed E-state index contributed by atoms with van der Waals surface area (Å²) in [6.45, 7) is 4.77. The molecule has 4 aromatic rings. The lowest BCUT2D eigenvalue weighted by Crippen LogP contribution is -2.24. The molecule has 1 N–H and O–H groups in total. The van der Waals surface area contributed by atoms with Gasteiger partial charge in [0.15, 0.2) is 6.61 Å². The molecule has 0 heterocycles. The maximum atomic E-state index is 12.1. The summed E-state index contributed by atoms with van der Waals surface area (Å²) in [6.07, 6.45) is 1.58. The van der Waals surface area contributed by atoms with Gasteiger partial charge in [-0.2, -0.15) is 5.10 Å². The Kier molecular flexibility index (Phi) is 8.14. The smallest absolute Gasteiger partial charge is 0.277 e. The molecule has 182 valence electrons. The quantitative estimate of drug-likeness (QED) is 0.221. The van der Waals surface area contributed by atoms with Crippen molar-refractivity contribution >= 4 is 12.1 Å². The van der Waals surface area contributed by atoms with Gasteiger partial charge >= 0.3 is 0 Å². The minimum Gasteiger partial charge on any atom is -0.489 e. The highest BCUT2D eigenvalue weighted by Gasteiger charge is 2.22. The lowest BCUT2D eigenvalue weighted by Gasteiger charge is -2.26. The lowest BCUT2D eigenvalue weighted by molar-refractivity contribution is -0.123. The molecule has 5 nitrogen and oxygen atoms in total. The molecule has 0 aromatic heterocycles. The van der Waals surface area contributed by atoms with Crippen LogP contribution < -0.4 is 14.9 Å². The van der Waals surface area contributed by atoms with Crippen LogP contribution in [0.3, 0.4) is 0 Å². The topological polar surface area (TPSA) is 59.9 Å². The molecule has 4 aromatic carbocycles. The average Bonchev–Trinajstić information content (AvgIpc) is 2.93. The molecule has 0 saturated heterocycles. The number of hydrogen-bond donors (Lipinski definition) is 1. The largest absolute Gasteiger partial charge is 0.489 e. The second-order valence-corrected chi connectivity index (χ2v) is 8.94. The SMILES string of the molecule is CC(C)(c1ccccc1)c1ccc(OCC(=O)N/N=C/c2ccc(OCc3ccccc3)cc2)cc1. The minimum atomic E-state index is -0.331. The van der Waals surface area contributed by atoms with E-state index >= 15 is 0 Å². The van der Waals surface area contributed by atoms with Crippen LogP contribution in [0, 0.1) is 0 Å². The molecule has 0 spiro atoms. The van der Waals surface area contributed by atoms with Crippen molar-refractivity contribution in [2.45, 2.75) is 25.9 Å². The summed E-state index contributed by atoms with van der Waals surface area (Å²) < 4.78 is 11.4. The van der Waals surface area contributed by atoms with Gasteiger partial charge in [0.25, 0.3) is 5.91 Å². The maximum Gasteiger partial charge on any atom is 0.277 e. The Bertz CT molecular complexity index is 1270. The van der Waals surface area contributed by atoms with Crippen molar-refractivity contribution in [3.05, 3.63) is 131 Å². The Morgan fingerprint density at radius 2 is 1.31 bits per heavy atom. The van der Waals surface area contributed by atoms with Gasteiger partial charge in [-0.3, -0.25) is 4.79 Å². The summed E-state index contributed by atoms with van der Waals surface area (Å²) in [5, 5.41) is 4.01. The number of benzene rings is 4. The standard InChI is InChI=1S/C31H30N2O3/c1-31(2,26-11-7-4-8-12-26)27-15-19-29(20-16-27)36-23-30(34)33-32-21-24-13-17-28(18-14-24)35-22-25-9-5-3-6-10-25/h3-21H,22-23H2,1-2H3,(H,33,34)/b32-21+. The molecular formula is C31H30N2O3. The summed E-state index contributed by atoms with van der Waals surface area (Å²) in [5.74, 6) is 1.07. The van der Waals surface area contributed by atoms with Crippen molar-refractivity contribution in [3.63, 3.8) is 0 Å². The number of hydrazone groups is 1. The molecule has 0 saturated carbocycles. The molecule has 0 bridgehead atoms. The number of amides is 1. The van der Waals surface area contributed by atoms with E-state index in [1.165, 1.54) is 11.1 Å². The molecule has 0 atom stereocenters. The lowest BCUT2D eigenvalue weighted by atomic mass is 9.78. The van der Waals surface area contributed by atoms with Gasteiger partial charge in [-0.1, -0.05) is 86.6 Å². The molecule has 1 amide bonds. The predicted molar refractivity (Wildman–Crippen MR) is 143 cm³/mol. The number of rotatable bonds is 10. The van der Waals surface area contributed by atoms with Crippen molar-refractivity contribution in [1.29, 1.82) is 0 Å². The number of ether oxygens (including phenoxy) is 2.